The first-order valence-electron chi connectivity index (χ1n) is 8.64. The summed E-state index contributed by atoms with van der Waals surface area (Å²) in [4.78, 5) is 24.8. The minimum Gasteiger partial charge on any atom is -0.354 e. The van der Waals surface area contributed by atoms with Gasteiger partial charge in [0.15, 0.2) is 4.96 Å². The predicted octanol–water partition coefficient (Wildman–Crippen LogP) is 2.29. The molecular weight excluding hydrogens is 334 g/mol. The van der Waals surface area contributed by atoms with Crippen molar-refractivity contribution in [2.45, 2.75) is 25.3 Å². The van der Waals surface area contributed by atoms with Crippen LogP contribution in [0.5, 0.6) is 0 Å². The highest BCUT2D eigenvalue weighted by Crippen LogP contribution is 2.24. The first-order chi connectivity index (χ1) is 12.3. The van der Waals surface area contributed by atoms with Crippen LogP contribution in [0.2, 0.25) is 0 Å². The molecule has 3 aromatic heterocycles. The number of likely N-dealkylation sites (tertiary alicyclic amines) is 1. The Morgan fingerprint density at radius 3 is 3.00 bits per heavy atom. The Hall–Kier alpha value is -2.25. The van der Waals surface area contributed by atoms with E-state index in [4.69, 9.17) is 0 Å². The van der Waals surface area contributed by atoms with Crippen molar-refractivity contribution in [3.05, 3.63) is 53.6 Å². The molecule has 0 bridgehead atoms. The average Bonchev–Trinajstić information content (AvgIpc) is 3.33. The fraction of sp³-hybridized carbons (Fsp3) is 0.389. The summed E-state index contributed by atoms with van der Waals surface area (Å²) in [7, 11) is 0. The Kier molecular flexibility index (Phi) is 4.76. The maximum absolute atomic E-state index is 12.8. The van der Waals surface area contributed by atoms with Crippen molar-refractivity contribution in [3.63, 3.8) is 0 Å². The molecular formula is C18H21N5OS. The van der Waals surface area contributed by atoms with E-state index in [9.17, 15) is 4.79 Å². The zero-order valence-electron chi connectivity index (χ0n) is 14.0. The molecule has 1 fully saturated rings. The zero-order valence-corrected chi connectivity index (χ0v) is 14.8. The number of aromatic nitrogens is 3. The average molecular weight is 355 g/mol. The summed E-state index contributed by atoms with van der Waals surface area (Å²) in [5.74, 6) is 0.0518. The maximum atomic E-state index is 12.8. The summed E-state index contributed by atoms with van der Waals surface area (Å²) in [5.41, 5.74) is 1.97. The SMILES string of the molecule is O=C(NCCc1cn2ccsc2n1)C(c1cccnc1)N1CCCC1. The van der Waals surface area contributed by atoms with Gasteiger partial charge < -0.3 is 5.32 Å². The first kappa shape index (κ1) is 16.2. The molecule has 1 amide bonds. The van der Waals surface area contributed by atoms with Gasteiger partial charge in [-0.2, -0.15) is 0 Å². The largest absolute Gasteiger partial charge is 0.354 e. The molecule has 0 aliphatic carbocycles. The van der Waals surface area contributed by atoms with Crippen molar-refractivity contribution in [1.82, 2.24) is 24.6 Å². The van der Waals surface area contributed by atoms with E-state index in [2.05, 4.69) is 20.2 Å². The van der Waals surface area contributed by atoms with Gasteiger partial charge in [-0.05, 0) is 37.6 Å². The van der Waals surface area contributed by atoms with Gasteiger partial charge in [0.1, 0.15) is 6.04 Å². The van der Waals surface area contributed by atoms with E-state index in [0.29, 0.717) is 6.54 Å². The number of hydrogen-bond acceptors (Lipinski definition) is 5. The minimum absolute atomic E-state index is 0.0518. The van der Waals surface area contributed by atoms with Crippen molar-refractivity contribution in [3.8, 4) is 0 Å². The zero-order chi connectivity index (χ0) is 17.1. The lowest BCUT2D eigenvalue weighted by molar-refractivity contribution is -0.126. The number of hydrogen-bond donors (Lipinski definition) is 1. The monoisotopic (exact) mass is 355 g/mol. The number of nitrogens with zero attached hydrogens (tertiary/aromatic N) is 4. The van der Waals surface area contributed by atoms with Crippen LogP contribution in [0.1, 0.15) is 30.1 Å². The molecule has 6 nitrogen and oxygen atoms in total. The summed E-state index contributed by atoms with van der Waals surface area (Å²) in [5, 5.41) is 5.11. The van der Waals surface area contributed by atoms with E-state index in [1.54, 1.807) is 23.7 Å². The van der Waals surface area contributed by atoms with Gasteiger partial charge in [-0.3, -0.25) is 19.1 Å². The summed E-state index contributed by atoms with van der Waals surface area (Å²) in [6.07, 6.45) is 10.6. The fourth-order valence-corrected chi connectivity index (χ4v) is 4.09. The molecule has 0 radical (unpaired) electrons. The molecule has 4 heterocycles. The molecule has 1 saturated heterocycles. The van der Waals surface area contributed by atoms with Crippen molar-refractivity contribution in [2.75, 3.05) is 19.6 Å². The molecule has 1 atom stereocenters. The third-order valence-corrected chi connectivity index (χ3v) is 5.35. The highest BCUT2D eigenvalue weighted by Gasteiger charge is 2.29. The third kappa shape index (κ3) is 3.57. The van der Waals surface area contributed by atoms with Gasteiger partial charge in [0.05, 0.1) is 5.69 Å². The highest BCUT2D eigenvalue weighted by molar-refractivity contribution is 7.15. The molecule has 130 valence electrons. The second kappa shape index (κ2) is 7.33. The molecule has 1 aliphatic rings. The first-order valence-corrected chi connectivity index (χ1v) is 9.52. The Balaban J connectivity index is 1.40. The molecule has 0 aromatic carbocycles. The second-order valence-electron chi connectivity index (χ2n) is 6.30. The molecule has 1 unspecified atom stereocenters. The molecule has 0 saturated carbocycles. The van der Waals surface area contributed by atoms with Crippen LogP contribution in [-0.4, -0.2) is 44.8 Å². The van der Waals surface area contributed by atoms with Crippen LogP contribution >= 0.6 is 11.3 Å². The van der Waals surface area contributed by atoms with Crippen molar-refractivity contribution < 1.29 is 4.79 Å². The van der Waals surface area contributed by atoms with Crippen LogP contribution in [0.25, 0.3) is 4.96 Å². The standard InChI is InChI=1S/C18H21N5OS/c24-17(20-7-5-15-13-23-10-11-25-18(23)21-15)16(22-8-1-2-9-22)14-4-3-6-19-12-14/h3-4,6,10-13,16H,1-2,5,7-9H2,(H,20,24). The van der Waals surface area contributed by atoms with Crippen LogP contribution in [0.3, 0.4) is 0 Å². The Morgan fingerprint density at radius 2 is 2.24 bits per heavy atom. The molecule has 4 rings (SSSR count). The van der Waals surface area contributed by atoms with Gasteiger partial charge in [0, 0.05) is 43.1 Å². The number of imidazole rings is 1. The molecule has 1 aliphatic heterocycles. The Bertz CT molecular complexity index is 809. The molecule has 0 spiro atoms. The molecule has 25 heavy (non-hydrogen) atoms. The molecule has 7 heteroatoms. The van der Waals surface area contributed by atoms with E-state index in [1.165, 1.54) is 0 Å². The predicted molar refractivity (Wildman–Crippen MR) is 97.6 cm³/mol. The number of carbonyl (C=O) groups excluding carboxylic acids is 1. The molecule has 1 N–H and O–H groups in total. The van der Waals surface area contributed by atoms with Gasteiger partial charge in [-0.15, -0.1) is 11.3 Å². The number of rotatable bonds is 6. The van der Waals surface area contributed by atoms with Gasteiger partial charge in [0.25, 0.3) is 0 Å². The lowest BCUT2D eigenvalue weighted by Gasteiger charge is -2.26. The van der Waals surface area contributed by atoms with E-state index in [0.717, 1.165) is 48.6 Å². The van der Waals surface area contributed by atoms with Gasteiger partial charge >= 0.3 is 0 Å². The van der Waals surface area contributed by atoms with E-state index in [-0.39, 0.29) is 11.9 Å². The quantitative estimate of drug-likeness (QED) is 0.737. The number of pyridine rings is 1. The lowest BCUT2D eigenvalue weighted by Crippen LogP contribution is -2.40. The third-order valence-electron chi connectivity index (χ3n) is 4.58. The normalized spacial score (nSPS) is 16.3. The second-order valence-corrected chi connectivity index (χ2v) is 7.17. The number of nitrogens with one attached hydrogen (secondary N) is 1. The highest BCUT2D eigenvalue weighted by atomic mass is 32.1. The van der Waals surface area contributed by atoms with Crippen LogP contribution in [-0.2, 0) is 11.2 Å². The summed E-state index contributed by atoms with van der Waals surface area (Å²) in [6.45, 7) is 2.52. The topological polar surface area (TPSA) is 62.5 Å². The summed E-state index contributed by atoms with van der Waals surface area (Å²) < 4.78 is 2.02. The maximum Gasteiger partial charge on any atom is 0.242 e. The fourth-order valence-electron chi connectivity index (χ4n) is 3.37. The smallest absolute Gasteiger partial charge is 0.242 e. The van der Waals surface area contributed by atoms with Crippen molar-refractivity contribution in [2.24, 2.45) is 0 Å². The lowest BCUT2D eigenvalue weighted by atomic mass is 10.1. The molecule has 3 aromatic rings. The Labute approximate surface area is 150 Å². The van der Waals surface area contributed by atoms with Crippen LogP contribution < -0.4 is 5.32 Å². The van der Waals surface area contributed by atoms with Crippen LogP contribution in [0, 0.1) is 0 Å². The minimum atomic E-state index is -0.248. The van der Waals surface area contributed by atoms with Gasteiger partial charge in [-0.25, -0.2) is 4.98 Å². The van der Waals surface area contributed by atoms with E-state index >= 15 is 0 Å². The summed E-state index contributed by atoms with van der Waals surface area (Å²) in [6, 6.07) is 3.63. The van der Waals surface area contributed by atoms with Crippen molar-refractivity contribution in [1.29, 1.82) is 0 Å². The summed E-state index contributed by atoms with van der Waals surface area (Å²) >= 11 is 1.62. The van der Waals surface area contributed by atoms with Crippen LogP contribution in [0.4, 0.5) is 0 Å². The van der Waals surface area contributed by atoms with E-state index in [1.807, 2.05) is 34.3 Å². The number of thiazole rings is 1. The number of fused-ring (bicyclic) bond motifs is 1. The van der Waals surface area contributed by atoms with Gasteiger partial charge in [0.2, 0.25) is 5.91 Å². The number of carbonyl (C=O) groups is 1. The van der Waals surface area contributed by atoms with E-state index < -0.39 is 0 Å². The van der Waals surface area contributed by atoms with Crippen LogP contribution in [0.15, 0.2) is 42.3 Å². The Morgan fingerprint density at radius 1 is 1.36 bits per heavy atom. The van der Waals surface area contributed by atoms with Gasteiger partial charge in [-0.1, -0.05) is 6.07 Å². The number of amides is 1. The van der Waals surface area contributed by atoms with Crippen molar-refractivity contribution >= 4 is 22.2 Å².